The van der Waals surface area contributed by atoms with Crippen LogP contribution in [0.4, 0.5) is 10.6 Å². The SMILES string of the molecule is CN(C(N)=O)C(=O)C=Cc1cn(C)nc1[N+](=O)[O-]. The first-order valence-electron chi connectivity index (χ1n) is 4.76. The van der Waals surface area contributed by atoms with Crippen LogP contribution in [0.25, 0.3) is 6.08 Å². The second-order valence-corrected chi connectivity index (χ2v) is 3.41. The zero-order chi connectivity index (χ0) is 13.9. The van der Waals surface area contributed by atoms with Crippen molar-refractivity contribution in [2.45, 2.75) is 0 Å². The fourth-order valence-electron chi connectivity index (χ4n) is 1.14. The number of nitrogens with zero attached hydrogens (tertiary/aromatic N) is 4. The number of imide groups is 1. The van der Waals surface area contributed by atoms with E-state index in [0.717, 1.165) is 6.08 Å². The molecule has 0 aliphatic rings. The molecule has 0 atom stereocenters. The molecule has 18 heavy (non-hydrogen) atoms. The van der Waals surface area contributed by atoms with Crippen LogP contribution in [0.15, 0.2) is 12.3 Å². The van der Waals surface area contributed by atoms with Crippen molar-refractivity contribution in [1.29, 1.82) is 0 Å². The predicted molar refractivity (Wildman–Crippen MR) is 61.2 cm³/mol. The van der Waals surface area contributed by atoms with Crippen molar-refractivity contribution in [1.82, 2.24) is 14.7 Å². The lowest BCUT2D eigenvalue weighted by Gasteiger charge is -2.07. The molecule has 0 unspecified atom stereocenters. The number of hydrogen-bond acceptors (Lipinski definition) is 5. The van der Waals surface area contributed by atoms with Gasteiger partial charge in [-0.25, -0.2) is 4.79 Å². The molecule has 0 aliphatic heterocycles. The van der Waals surface area contributed by atoms with Crippen LogP contribution in [0.2, 0.25) is 0 Å². The fourth-order valence-corrected chi connectivity index (χ4v) is 1.14. The Morgan fingerprint density at radius 1 is 1.61 bits per heavy atom. The molecule has 2 N–H and O–H groups in total. The normalized spacial score (nSPS) is 10.6. The van der Waals surface area contributed by atoms with Gasteiger partial charge in [-0.2, -0.15) is 4.68 Å². The maximum Gasteiger partial charge on any atom is 0.397 e. The molecule has 0 fully saturated rings. The van der Waals surface area contributed by atoms with E-state index in [0.29, 0.717) is 4.90 Å². The second kappa shape index (κ2) is 5.08. The van der Waals surface area contributed by atoms with E-state index in [1.54, 1.807) is 0 Å². The summed E-state index contributed by atoms with van der Waals surface area (Å²) in [7, 11) is 2.72. The van der Waals surface area contributed by atoms with Gasteiger partial charge in [0.25, 0.3) is 5.91 Å². The highest BCUT2D eigenvalue weighted by Gasteiger charge is 2.18. The molecule has 0 saturated heterocycles. The third-order valence-corrected chi connectivity index (χ3v) is 2.08. The van der Waals surface area contributed by atoms with Crippen LogP contribution in [0.3, 0.4) is 0 Å². The largest absolute Gasteiger partial charge is 0.397 e. The molecule has 1 rings (SSSR count). The minimum absolute atomic E-state index is 0.161. The number of aromatic nitrogens is 2. The van der Waals surface area contributed by atoms with Crippen LogP contribution in [-0.4, -0.2) is 38.6 Å². The monoisotopic (exact) mass is 253 g/mol. The Labute approximate surface area is 102 Å². The molecule has 0 saturated carbocycles. The lowest BCUT2D eigenvalue weighted by atomic mass is 10.3. The number of nitrogens with two attached hydrogens (primary N) is 1. The first-order chi connectivity index (χ1) is 8.32. The Balaban J connectivity index is 2.94. The zero-order valence-corrected chi connectivity index (χ0v) is 9.73. The quantitative estimate of drug-likeness (QED) is 0.456. The van der Waals surface area contributed by atoms with E-state index < -0.39 is 16.9 Å². The molecule has 0 aliphatic carbocycles. The molecule has 9 heteroatoms. The van der Waals surface area contributed by atoms with Gasteiger partial charge in [0.05, 0.1) is 23.9 Å². The number of rotatable bonds is 3. The summed E-state index contributed by atoms with van der Waals surface area (Å²) < 4.78 is 1.25. The molecule has 1 aromatic heterocycles. The van der Waals surface area contributed by atoms with Crippen molar-refractivity contribution in [3.63, 3.8) is 0 Å². The summed E-state index contributed by atoms with van der Waals surface area (Å²) in [6, 6.07) is -0.912. The van der Waals surface area contributed by atoms with Crippen molar-refractivity contribution in [2.75, 3.05) is 7.05 Å². The average molecular weight is 253 g/mol. The molecule has 0 aromatic carbocycles. The van der Waals surface area contributed by atoms with Crippen LogP contribution in [0, 0.1) is 10.1 Å². The first-order valence-corrected chi connectivity index (χ1v) is 4.76. The summed E-state index contributed by atoms with van der Waals surface area (Å²) in [6.45, 7) is 0. The second-order valence-electron chi connectivity index (χ2n) is 3.41. The van der Waals surface area contributed by atoms with E-state index in [2.05, 4.69) is 5.10 Å². The van der Waals surface area contributed by atoms with Crippen molar-refractivity contribution >= 4 is 23.8 Å². The smallest absolute Gasteiger partial charge is 0.358 e. The van der Waals surface area contributed by atoms with Crippen LogP contribution in [-0.2, 0) is 11.8 Å². The standard InChI is InChI=1S/C9H11N5O4/c1-12-5-6(8(11-12)14(17)18)3-4-7(15)13(2)9(10)16/h3-5H,1-2H3,(H2,10,16). The van der Waals surface area contributed by atoms with Crippen LogP contribution in [0.1, 0.15) is 5.56 Å². The van der Waals surface area contributed by atoms with Gasteiger partial charge in [0.2, 0.25) is 0 Å². The fraction of sp³-hybridized carbons (Fsp3) is 0.222. The van der Waals surface area contributed by atoms with Crippen molar-refractivity contribution in [2.24, 2.45) is 12.8 Å². The van der Waals surface area contributed by atoms with Gasteiger partial charge < -0.3 is 15.8 Å². The number of nitro groups is 1. The molecular weight excluding hydrogens is 242 g/mol. The summed E-state index contributed by atoms with van der Waals surface area (Å²) in [4.78, 5) is 32.7. The summed E-state index contributed by atoms with van der Waals surface area (Å²) in [5.74, 6) is -1.05. The third kappa shape index (κ3) is 2.90. The van der Waals surface area contributed by atoms with Gasteiger partial charge in [-0.3, -0.25) is 9.69 Å². The molecule has 0 radical (unpaired) electrons. The summed E-state index contributed by atoms with van der Waals surface area (Å²) >= 11 is 0. The number of aryl methyl sites for hydroxylation is 1. The van der Waals surface area contributed by atoms with Gasteiger partial charge in [-0.1, -0.05) is 0 Å². The molecular formula is C9H11N5O4. The van der Waals surface area contributed by atoms with E-state index in [1.165, 1.54) is 31.1 Å². The lowest BCUT2D eigenvalue weighted by molar-refractivity contribution is -0.390. The van der Waals surface area contributed by atoms with Crippen molar-refractivity contribution in [3.8, 4) is 0 Å². The molecule has 1 heterocycles. The van der Waals surface area contributed by atoms with Gasteiger partial charge >= 0.3 is 11.8 Å². The summed E-state index contributed by atoms with van der Waals surface area (Å²) in [5.41, 5.74) is 5.06. The van der Waals surface area contributed by atoms with E-state index in [4.69, 9.17) is 5.73 Å². The highest BCUT2D eigenvalue weighted by Crippen LogP contribution is 2.16. The molecule has 0 spiro atoms. The van der Waals surface area contributed by atoms with Crippen LogP contribution < -0.4 is 5.73 Å². The predicted octanol–water partition coefficient (Wildman–Crippen LogP) is -0.121. The minimum Gasteiger partial charge on any atom is -0.358 e. The van der Waals surface area contributed by atoms with Gasteiger partial charge in [-0.15, -0.1) is 0 Å². The number of primary amides is 1. The van der Waals surface area contributed by atoms with Crippen molar-refractivity contribution in [3.05, 3.63) is 28.0 Å². The molecule has 96 valence electrons. The minimum atomic E-state index is -0.912. The first kappa shape index (κ1) is 13.4. The number of carbonyl (C=O) groups is 2. The average Bonchev–Trinajstić information content (AvgIpc) is 2.66. The van der Waals surface area contributed by atoms with Gasteiger partial charge in [0.15, 0.2) is 0 Å². The van der Waals surface area contributed by atoms with E-state index >= 15 is 0 Å². The maximum absolute atomic E-state index is 11.4. The Bertz CT molecular complexity index is 533. The van der Waals surface area contributed by atoms with E-state index in [9.17, 15) is 19.7 Å². The molecule has 0 bridgehead atoms. The Hall–Kier alpha value is -2.71. The number of hydrogen-bond donors (Lipinski definition) is 1. The Morgan fingerprint density at radius 2 is 2.22 bits per heavy atom. The number of urea groups is 1. The zero-order valence-electron chi connectivity index (χ0n) is 9.73. The van der Waals surface area contributed by atoms with E-state index in [1.807, 2.05) is 0 Å². The van der Waals surface area contributed by atoms with Gasteiger partial charge in [-0.05, 0) is 11.0 Å². The van der Waals surface area contributed by atoms with Crippen LogP contribution >= 0.6 is 0 Å². The summed E-state index contributed by atoms with van der Waals surface area (Å²) in [5, 5.41) is 14.3. The topological polar surface area (TPSA) is 124 Å². The molecule has 9 nitrogen and oxygen atoms in total. The number of carbonyl (C=O) groups excluding carboxylic acids is 2. The third-order valence-electron chi connectivity index (χ3n) is 2.08. The van der Waals surface area contributed by atoms with Gasteiger partial charge in [0.1, 0.15) is 0 Å². The number of likely N-dealkylation sites (N-methyl/N-ethyl adjacent to an activating group) is 1. The summed E-state index contributed by atoms with van der Waals surface area (Å²) in [6.07, 6.45) is 3.59. The lowest BCUT2D eigenvalue weighted by Crippen LogP contribution is -2.36. The Kier molecular flexibility index (Phi) is 3.77. The van der Waals surface area contributed by atoms with E-state index in [-0.39, 0.29) is 11.4 Å². The van der Waals surface area contributed by atoms with Crippen molar-refractivity contribution < 1.29 is 14.5 Å². The number of amides is 3. The highest BCUT2D eigenvalue weighted by atomic mass is 16.6. The maximum atomic E-state index is 11.4. The molecule has 1 aromatic rings. The Morgan fingerprint density at radius 3 is 2.72 bits per heavy atom. The van der Waals surface area contributed by atoms with Crippen LogP contribution in [0.5, 0.6) is 0 Å². The highest BCUT2D eigenvalue weighted by molar-refractivity contribution is 6.01. The van der Waals surface area contributed by atoms with Gasteiger partial charge in [0, 0.05) is 13.1 Å². The molecule has 3 amide bonds.